The lowest BCUT2D eigenvalue weighted by Gasteiger charge is -2.13. The molecular weight excluding hydrogens is 474 g/mol. The van der Waals surface area contributed by atoms with Gasteiger partial charge < -0.3 is 16.0 Å². The van der Waals surface area contributed by atoms with Crippen molar-refractivity contribution >= 4 is 40.7 Å². The molecule has 0 fully saturated rings. The van der Waals surface area contributed by atoms with Crippen molar-refractivity contribution in [1.82, 2.24) is 15.3 Å². The van der Waals surface area contributed by atoms with Crippen molar-refractivity contribution in [2.24, 2.45) is 0 Å². The fourth-order valence-electron chi connectivity index (χ4n) is 4.10. The van der Waals surface area contributed by atoms with Gasteiger partial charge in [0.15, 0.2) is 0 Å². The van der Waals surface area contributed by atoms with Gasteiger partial charge in [-0.15, -0.1) is 0 Å². The van der Waals surface area contributed by atoms with Crippen molar-refractivity contribution in [3.05, 3.63) is 101 Å². The molecule has 3 N–H and O–H groups in total. The molecular formula is C28H24ClN5O2. The molecule has 0 bridgehead atoms. The molecule has 0 saturated heterocycles. The number of carbonyl (C=O) groups excluding carboxylic acids is 2. The first-order chi connectivity index (χ1) is 17.5. The molecule has 0 radical (unpaired) electrons. The van der Waals surface area contributed by atoms with Crippen LogP contribution in [0.15, 0.2) is 79.0 Å². The van der Waals surface area contributed by atoms with E-state index >= 15 is 0 Å². The number of halogens is 1. The summed E-state index contributed by atoms with van der Waals surface area (Å²) in [7, 11) is 0. The van der Waals surface area contributed by atoms with Gasteiger partial charge in [0.05, 0.1) is 17.8 Å². The average molecular weight is 498 g/mol. The van der Waals surface area contributed by atoms with Gasteiger partial charge in [0.2, 0.25) is 11.9 Å². The number of rotatable bonds is 6. The first kappa shape index (κ1) is 23.5. The second-order valence-corrected chi connectivity index (χ2v) is 9.14. The molecule has 1 aliphatic heterocycles. The minimum Gasteiger partial charge on any atom is -0.351 e. The van der Waals surface area contributed by atoms with Gasteiger partial charge >= 0.3 is 0 Å². The maximum absolute atomic E-state index is 12.6. The minimum atomic E-state index is -0.145. The number of hydrogen-bond acceptors (Lipinski definition) is 5. The highest BCUT2D eigenvalue weighted by molar-refractivity contribution is 6.31. The standard InChI is InChI=1S/C28H24ClN5O2/c1-17(18-5-3-2-4-6-18)15-30-27(36)19-7-10-22(11-8-19)32-28-31-16-20-13-25(35)33-24-14-21(29)9-12-23(24)26(20)34-28/h2-12,14,16-17H,13,15H2,1H3,(H,30,36)(H,33,35)(H,31,32,34). The van der Waals surface area contributed by atoms with E-state index in [-0.39, 0.29) is 24.2 Å². The number of anilines is 3. The third-order valence-corrected chi connectivity index (χ3v) is 6.30. The molecule has 3 aromatic carbocycles. The van der Waals surface area contributed by atoms with Crippen LogP contribution in [0, 0.1) is 0 Å². The first-order valence-corrected chi connectivity index (χ1v) is 12.0. The van der Waals surface area contributed by atoms with Gasteiger partial charge in [-0.25, -0.2) is 9.97 Å². The molecule has 8 heteroatoms. The zero-order valence-electron chi connectivity index (χ0n) is 19.6. The number of benzene rings is 3. The summed E-state index contributed by atoms with van der Waals surface area (Å²) in [4.78, 5) is 33.9. The molecule has 2 heterocycles. The van der Waals surface area contributed by atoms with E-state index in [4.69, 9.17) is 11.6 Å². The van der Waals surface area contributed by atoms with Crippen molar-refractivity contribution in [2.45, 2.75) is 19.3 Å². The fourth-order valence-corrected chi connectivity index (χ4v) is 4.28. The van der Waals surface area contributed by atoms with Gasteiger partial charge in [0, 0.05) is 40.1 Å². The number of carbonyl (C=O) groups is 2. The van der Waals surface area contributed by atoms with Crippen LogP contribution < -0.4 is 16.0 Å². The highest BCUT2D eigenvalue weighted by atomic mass is 35.5. The van der Waals surface area contributed by atoms with Crippen LogP contribution in [-0.2, 0) is 11.2 Å². The number of hydrogen-bond donors (Lipinski definition) is 3. The van der Waals surface area contributed by atoms with Crippen LogP contribution >= 0.6 is 11.6 Å². The predicted octanol–water partition coefficient (Wildman–Crippen LogP) is 5.57. The van der Waals surface area contributed by atoms with Gasteiger partial charge in [-0.2, -0.15) is 0 Å². The quantitative estimate of drug-likeness (QED) is 0.323. The van der Waals surface area contributed by atoms with Crippen LogP contribution in [0.3, 0.4) is 0 Å². The Hall–Kier alpha value is -4.23. The van der Waals surface area contributed by atoms with Crippen LogP contribution in [0.25, 0.3) is 11.3 Å². The molecule has 2 amide bonds. The molecule has 36 heavy (non-hydrogen) atoms. The molecule has 1 atom stereocenters. The number of fused-ring (bicyclic) bond motifs is 3. The Morgan fingerprint density at radius 1 is 1.08 bits per heavy atom. The highest BCUT2D eigenvalue weighted by Gasteiger charge is 2.21. The number of amides is 2. The fraction of sp³-hybridized carbons (Fsp3) is 0.143. The third kappa shape index (κ3) is 5.21. The van der Waals surface area contributed by atoms with Crippen LogP contribution in [0.1, 0.15) is 34.3 Å². The number of nitrogens with one attached hydrogen (secondary N) is 3. The van der Waals surface area contributed by atoms with Crippen LogP contribution in [-0.4, -0.2) is 28.3 Å². The third-order valence-electron chi connectivity index (χ3n) is 6.07. The van der Waals surface area contributed by atoms with E-state index in [1.54, 1.807) is 30.5 Å². The summed E-state index contributed by atoms with van der Waals surface area (Å²) in [6.07, 6.45) is 1.83. The van der Waals surface area contributed by atoms with E-state index in [1.807, 2.05) is 36.4 Å². The molecule has 1 aromatic heterocycles. The van der Waals surface area contributed by atoms with Crippen molar-refractivity contribution in [3.8, 4) is 11.3 Å². The Kier molecular flexibility index (Phi) is 6.64. The SMILES string of the molecule is CC(CNC(=O)c1ccc(Nc2ncc3c(n2)-c2ccc(Cl)cc2NC(=O)C3)cc1)c1ccccc1. The Morgan fingerprint density at radius 3 is 2.64 bits per heavy atom. The van der Waals surface area contributed by atoms with Gasteiger partial charge in [0.25, 0.3) is 5.91 Å². The van der Waals surface area contributed by atoms with Crippen LogP contribution in [0.2, 0.25) is 5.02 Å². The zero-order valence-corrected chi connectivity index (χ0v) is 20.3. The summed E-state index contributed by atoms with van der Waals surface area (Å²) in [6.45, 7) is 2.64. The van der Waals surface area contributed by atoms with Crippen LogP contribution in [0.4, 0.5) is 17.3 Å². The first-order valence-electron chi connectivity index (χ1n) is 11.6. The van der Waals surface area contributed by atoms with E-state index in [2.05, 4.69) is 45.0 Å². The Labute approximate surface area is 214 Å². The summed E-state index contributed by atoms with van der Waals surface area (Å²) in [5.41, 5.74) is 5.29. The summed E-state index contributed by atoms with van der Waals surface area (Å²) in [6, 6.07) is 22.5. The molecule has 1 aliphatic rings. The molecule has 7 nitrogen and oxygen atoms in total. The molecule has 0 spiro atoms. The molecule has 0 saturated carbocycles. The summed E-state index contributed by atoms with van der Waals surface area (Å²) in [5.74, 6) is 0.331. The summed E-state index contributed by atoms with van der Waals surface area (Å²) < 4.78 is 0. The van der Waals surface area contributed by atoms with Gasteiger partial charge in [-0.3, -0.25) is 9.59 Å². The highest BCUT2D eigenvalue weighted by Crippen LogP contribution is 2.34. The summed E-state index contributed by atoms with van der Waals surface area (Å²) in [5, 5.41) is 9.58. The van der Waals surface area contributed by atoms with E-state index in [0.29, 0.717) is 34.5 Å². The lowest BCUT2D eigenvalue weighted by atomic mass is 10.0. The maximum Gasteiger partial charge on any atom is 0.251 e. The molecule has 180 valence electrons. The van der Waals surface area contributed by atoms with Crippen molar-refractivity contribution in [2.75, 3.05) is 17.2 Å². The lowest BCUT2D eigenvalue weighted by molar-refractivity contribution is -0.115. The number of nitrogens with zero attached hydrogens (tertiary/aromatic N) is 2. The van der Waals surface area contributed by atoms with Gasteiger partial charge in [-0.1, -0.05) is 48.9 Å². The summed E-state index contributed by atoms with van der Waals surface area (Å²) >= 11 is 6.12. The monoisotopic (exact) mass is 497 g/mol. The number of aromatic nitrogens is 2. The largest absolute Gasteiger partial charge is 0.351 e. The molecule has 0 aliphatic carbocycles. The Balaban J connectivity index is 1.28. The Morgan fingerprint density at radius 2 is 1.86 bits per heavy atom. The molecule has 5 rings (SSSR count). The van der Waals surface area contributed by atoms with Gasteiger partial charge in [0.1, 0.15) is 0 Å². The topological polar surface area (TPSA) is 96.0 Å². The van der Waals surface area contributed by atoms with Gasteiger partial charge in [-0.05, 0) is 53.9 Å². The second-order valence-electron chi connectivity index (χ2n) is 8.71. The second kappa shape index (κ2) is 10.2. The van der Waals surface area contributed by atoms with Crippen molar-refractivity contribution in [1.29, 1.82) is 0 Å². The van der Waals surface area contributed by atoms with E-state index in [0.717, 1.165) is 16.8 Å². The van der Waals surface area contributed by atoms with E-state index in [9.17, 15) is 9.59 Å². The lowest BCUT2D eigenvalue weighted by Crippen LogP contribution is -2.27. The van der Waals surface area contributed by atoms with Crippen molar-refractivity contribution < 1.29 is 9.59 Å². The zero-order chi connectivity index (χ0) is 25.1. The Bertz CT molecular complexity index is 1420. The molecule has 4 aromatic rings. The smallest absolute Gasteiger partial charge is 0.251 e. The van der Waals surface area contributed by atoms with Crippen LogP contribution in [0.5, 0.6) is 0 Å². The maximum atomic E-state index is 12.6. The normalized spacial score (nSPS) is 13.0. The van der Waals surface area contributed by atoms with Crippen molar-refractivity contribution in [3.63, 3.8) is 0 Å². The minimum absolute atomic E-state index is 0.127. The van der Waals surface area contributed by atoms with E-state index < -0.39 is 0 Å². The molecule has 1 unspecified atom stereocenters. The predicted molar refractivity (Wildman–Crippen MR) is 142 cm³/mol. The van der Waals surface area contributed by atoms with E-state index in [1.165, 1.54) is 5.56 Å². The average Bonchev–Trinajstić information content (AvgIpc) is 3.02.